The number of halogens is 2. The van der Waals surface area contributed by atoms with Crippen molar-refractivity contribution in [2.75, 3.05) is 10.2 Å². The molecular formula is C34H24Cl2N2O3. The summed E-state index contributed by atoms with van der Waals surface area (Å²) in [5, 5.41) is 3.81. The smallest absolute Gasteiger partial charge is 0.238 e. The molecule has 1 saturated heterocycles. The van der Waals surface area contributed by atoms with Crippen molar-refractivity contribution in [2.24, 2.45) is 5.92 Å². The Balaban J connectivity index is 1.55. The summed E-state index contributed by atoms with van der Waals surface area (Å²) in [5.74, 6) is -2.03. The molecule has 0 aliphatic carbocycles. The molecule has 0 aromatic heterocycles. The SMILES string of the molecule is Cc1ccc2c(c1)C=CC1N2C(C(=O)c2ccc(Cl)cc2)C(C(=O)c2ccccc2Cl)C12C(=O)Nc1ccccc12. The molecule has 1 spiro atoms. The van der Waals surface area contributed by atoms with E-state index in [4.69, 9.17) is 23.2 Å². The van der Waals surface area contributed by atoms with E-state index in [0.29, 0.717) is 21.8 Å². The molecule has 1 amide bonds. The van der Waals surface area contributed by atoms with Gasteiger partial charge in [0.1, 0.15) is 11.5 Å². The Morgan fingerprint density at radius 1 is 0.878 bits per heavy atom. The van der Waals surface area contributed by atoms with Crippen LogP contribution in [-0.2, 0) is 10.2 Å². The van der Waals surface area contributed by atoms with Gasteiger partial charge in [-0.1, -0.05) is 77.3 Å². The lowest BCUT2D eigenvalue weighted by Gasteiger charge is -2.37. The van der Waals surface area contributed by atoms with Crippen LogP contribution in [0.25, 0.3) is 6.08 Å². The first-order valence-corrected chi connectivity index (χ1v) is 14.1. The zero-order valence-corrected chi connectivity index (χ0v) is 23.5. The molecule has 4 atom stereocenters. The molecule has 1 fully saturated rings. The molecule has 0 bridgehead atoms. The summed E-state index contributed by atoms with van der Waals surface area (Å²) in [5.41, 5.74) is 3.39. The van der Waals surface area contributed by atoms with Gasteiger partial charge in [0, 0.05) is 27.5 Å². The maximum Gasteiger partial charge on any atom is 0.238 e. The minimum atomic E-state index is -1.39. The van der Waals surface area contributed by atoms with Gasteiger partial charge in [0.15, 0.2) is 11.6 Å². The van der Waals surface area contributed by atoms with E-state index in [9.17, 15) is 14.4 Å². The van der Waals surface area contributed by atoms with E-state index in [0.717, 1.165) is 16.8 Å². The topological polar surface area (TPSA) is 66.5 Å². The molecule has 41 heavy (non-hydrogen) atoms. The molecule has 4 aromatic rings. The summed E-state index contributed by atoms with van der Waals surface area (Å²) < 4.78 is 0. The lowest BCUT2D eigenvalue weighted by Crippen LogP contribution is -2.51. The molecule has 1 N–H and O–H groups in total. The molecule has 3 aliphatic heterocycles. The second-order valence-corrected chi connectivity index (χ2v) is 11.6. The molecule has 0 radical (unpaired) electrons. The number of aryl methyl sites for hydroxylation is 1. The van der Waals surface area contributed by atoms with Crippen molar-refractivity contribution in [1.82, 2.24) is 0 Å². The Kier molecular flexibility index (Phi) is 5.93. The largest absolute Gasteiger partial charge is 0.352 e. The van der Waals surface area contributed by atoms with Gasteiger partial charge in [-0.3, -0.25) is 14.4 Å². The summed E-state index contributed by atoms with van der Waals surface area (Å²) in [7, 11) is 0. The number of fused-ring (bicyclic) bond motifs is 6. The third kappa shape index (κ3) is 3.66. The Morgan fingerprint density at radius 2 is 1.61 bits per heavy atom. The number of amides is 1. The Morgan fingerprint density at radius 3 is 2.39 bits per heavy atom. The zero-order chi connectivity index (χ0) is 28.5. The van der Waals surface area contributed by atoms with Gasteiger partial charge in [-0.2, -0.15) is 0 Å². The number of rotatable bonds is 4. The molecule has 202 valence electrons. The highest BCUT2D eigenvalue weighted by Gasteiger charge is 2.70. The molecule has 5 nitrogen and oxygen atoms in total. The third-order valence-corrected chi connectivity index (χ3v) is 9.19. The Hall–Kier alpha value is -4.19. The molecule has 3 aliphatic rings. The van der Waals surface area contributed by atoms with Crippen LogP contribution in [0, 0.1) is 12.8 Å². The van der Waals surface area contributed by atoms with Gasteiger partial charge < -0.3 is 10.2 Å². The van der Waals surface area contributed by atoms with Gasteiger partial charge in [0.2, 0.25) is 5.91 Å². The van der Waals surface area contributed by atoms with E-state index in [1.54, 1.807) is 48.5 Å². The predicted molar refractivity (Wildman–Crippen MR) is 162 cm³/mol. The van der Waals surface area contributed by atoms with E-state index in [-0.39, 0.29) is 28.1 Å². The number of nitrogens with one attached hydrogen (secondary N) is 1. The maximum absolute atomic E-state index is 14.8. The van der Waals surface area contributed by atoms with Crippen LogP contribution < -0.4 is 10.2 Å². The first-order valence-electron chi connectivity index (χ1n) is 13.4. The monoisotopic (exact) mass is 578 g/mol. The van der Waals surface area contributed by atoms with E-state index in [2.05, 4.69) is 5.32 Å². The van der Waals surface area contributed by atoms with Gasteiger partial charge >= 0.3 is 0 Å². The fourth-order valence-corrected chi connectivity index (χ4v) is 7.27. The lowest BCUT2D eigenvalue weighted by molar-refractivity contribution is -0.121. The number of benzene rings is 4. The molecule has 7 rings (SSSR count). The van der Waals surface area contributed by atoms with Gasteiger partial charge in [-0.25, -0.2) is 0 Å². The second kappa shape index (κ2) is 9.44. The van der Waals surface area contributed by atoms with E-state index >= 15 is 0 Å². The number of anilines is 2. The summed E-state index contributed by atoms with van der Waals surface area (Å²) in [6.45, 7) is 2.01. The zero-order valence-electron chi connectivity index (χ0n) is 22.0. The molecule has 0 saturated carbocycles. The van der Waals surface area contributed by atoms with Gasteiger partial charge in [0.25, 0.3) is 0 Å². The van der Waals surface area contributed by atoms with Crippen LogP contribution in [0.5, 0.6) is 0 Å². The molecule has 7 heteroatoms. The fraction of sp³-hybridized carbons (Fsp3) is 0.147. The standard InChI is InChI=1S/C34H24Cl2N2O3/c1-19-10-16-27-21(18-19)13-17-28-34(24-7-3-5-9-26(24)37-33(34)41)29(32(40)23-6-2-4-8-25(23)36)30(38(27)28)31(39)20-11-14-22(35)15-12-20/h2-18,28-30H,1H3,(H,37,41). The van der Waals surface area contributed by atoms with Crippen LogP contribution >= 0.6 is 23.2 Å². The van der Waals surface area contributed by atoms with Crippen LogP contribution in [0.15, 0.2) is 97.1 Å². The van der Waals surface area contributed by atoms with E-state index in [1.165, 1.54) is 0 Å². The maximum atomic E-state index is 14.8. The minimum absolute atomic E-state index is 0.270. The quantitative estimate of drug-likeness (QED) is 0.261. The van der Waals surface area contributed by atoms with Crippen LogP contribution in [-0.4, -0.2) is 29.6 Å². The molecule has 3 heterocycles. The Labute approximate surface area is 247 Å². The second-order valence-electron chi connectivity index (χ2n) is 10.8. The molecule has 4 aromatic carbocycles. The van der Waals surface area contributed by atoms with E-state index in [1.807, 2.05) is 66.4 Å². The van der Waals surface area contributed by atoms with Crippen molar-refractivity contribution >= 4 is 58.1 Å². The summed E-state index contributed by atoms with van der Waals surface area (Å²) in [4.78, 5) is 45.8. The van der Waals surface area contributed by atoms with Crippen molar-refractivity contribution < 1.29 is 14.4 Å². The first-order chi connectivity index (χ1) is 19.8. The van der Waals surface area contributed by atoms with Crippen molar-refractivity contribution in [2.45, 2.75) is 24.4 Å². The minimum Gasteiger partial charge on any atom is -0.352 e. The highest BCUT2D eigenvalue weighted by atomic mass is 35.5. The normalized spacial score (nSPS) is 23.6. The molecular weight excluding hydrogens is 555 g/mol. The van der Waals surface area contributed by atoms with Crippen molar-refractivity contribution in [3.63, 3.8) is 0 Å². The summed E-state index contributed by atoms with van der Waals surface area (Å²) in [6, 6.07) is 25.3. The number of ketones is 2. The van der Waals surface area contributed by atoms with Crippen LogP contribution in [0.4, 0.5) is 11.4 Å². The van der Waals surface area contributed by atoms with Crippen LogP contribution in [0.3, 0.4) is 0 Å². The number of para-hydroxylation sites is 1. The highest BCUT2D eigenvalue weighted by molar-refractivity contribution is 6.34. The van der Waals surface area contributed by atoms with Gasteiger partial charge in [0.05, 0.1) is 17.0 Å². The van der Waals surface area contributed by atoms with Crippen LogP contribution in [0.1, 0.15) is 37.4 Å². The van der Waals surface area contributed by atoms with Gasteiger partial charge in [-0.15, -0.1) is 0 Å². The lowest BCUT2D eigenvalue weighted by atomic mass is 9.64. The number of nitrogens with zero attached hydrogens (tertiary/aromatic N) is 1. The summed E-state index contributed by atoms with van der Waals surface area (Å²) in [6.07, 6.45) is 3.96. The van der Waals surface area contributed by atoms with E-state index < -0.39 is 23.4 Å². The van der Waals surface area contributed by atoms with Crippen molar-refractivity contribution in [3.05, 3.63) is 135 Å². The van der Waals surface area contributed by atoms with Gasteiger partial charge in [-0.05, 0) is 72.6 Å². The van der Waals surface area contributed by atoms with Crippen LogP contribution in [0.2, 0.25) is 10.0 Å². The number of hydrogen-bond acceptors (Lipinski definition) is 4. The van der Waals surface area contributed by atoms with Crippen molar-refractivity contribution in [1.29, 1.82) is 0 Å². The average molecular weight is 579 g/mol. The first kappa shape index (κ1) is 25.8. The number of hydrogen-bond donors (Lipinski definition) is 1. The number of carbonyl (C=O) groups excluding carboxylic acids is 3. The third-order valence-electron chi connectivity index (χ3n) is 8.61. The summed E-state index contributed by atoms with van der Waals surface area (Å²) >= 11 is 12.8. The predicted octanol–water partition coefficient (Wildman–Crippen LogP) is 7.16. The molecule has 4 unspecified atom stereocenters. The number of Topliss-reactive ketones (excluding diaryl/α,β-unsaturated/α-hetero) is 2. The number of carbonyl (C=O) groups is 3. The Bertz CT molecular complexity index is 1800. The van der Waals surface area contributed by atoms with Crippen molar-refractivity contribution in [3.8, 4) is 0 Å². The highest BCUT2D eigenvalue weighted by Crippen LogP contribution is 2.58. The fourth-order valence-electron chi connectivity index (χ4n) is 6.91. The average Bonchev–Trinajstić information content (AvgIpc) is 3.45.